The van der Waals surface area contributed by atoms with Gasteiger partial charge in [-0.3, -0.25) is 9.59 Å². The summed E-state index contributed by atoms with van der Waals surface area (Å²) < 4.78 is 0. The van der Waals surface area contributed by atoms with Crippen molar-refractivity contribution in [3.05, 3.63) is 18.5 Å². The molecule has 0 atom stereocenters. The van der Waals surface area contributed by atoms with Gasteiger partial charge in [-0.15, -0.1) is 0 Å². The number of carbonyl (C=O) groups is 2. The minimum atomic E-state index is -0.00668. The van der Waals surface area contributed by atoms with E-state index in [2.05, 4.69) is 20.2 Å². The summed E-state index contributed by atoms with van der Waals surface area (Å²) in [5, 5.41) is 2.82. The molecule has 0 unspecified atom stereocenters. The number of hydrogen-bond donors (Lipinski definition) is 1. The molecular formula is C17H25N5O2. The van der Waals surface area contributed by atoms with Gasteiger partial charge in [-0.2, -0.15) is 0 Å². The van der Waals surface area contributed by atoms with Gasteiger partial charge in [0.2, 0.25) is 17.8 Å². The predicted molar refractivity (Wildman–Crippen MR) is 90.4 cm³/mol. The minimum absolute atomic E-state index is 0.00668. The lowest BCUT2D eigenvalue weighted by atomic mass is 9.89. The van der Waals surface area contributed by atoms with Gasteiger partial charge in [-0.1, -0.05) is 19.3 Å². The molecule has 1 saturated carbocycles. The van der Waals surface area contributed by atoms with E-state index in [1.165, 1.54) is 6.42 Å². The summed E-state index contributed by atoms with van der Waals surface area (Å²) in [5.74, 6) is 0.834. The zero-order valence-corrected chi connectivity index (χ0v) is 14.0. The summed E-state index contributed by atoms with van der Waals surface area (Å²) in [4.78, 5) is 36.8. The Kier molecular flexibility index (Phi) is 5.61. The van der Waals surface area contributed by atoms with Crippen molar-refractivity contribution in [1.82, 2.24) is 20.2 Å². The van der Waals surface area contributed by atoms with Crippen LogP contribution in [0.15, 0.2) is 18.5 Å². The van der Waals surface area contributed by atoms with E-state index < -0.39 is 0 Å². The highest BCUT2D eigenvalue weighted by Gasteiger charge is 2.24. The average Bonchev–Trinajstić information content (AvgIpc) is 2.67. The van der Waals surface area contributed by atoms with Crippen LogP contribution in [0.5, 0.6) is 0 Å². The molecule has 130 valence electrons. The van der Waals surface area contributed by atoms with Crippen LogP contribution in [0, 0.1) is 5.92 Å². The van der Waals surface area contributed by atoms with E-state index in [4.69, 9.17) is 0 Å². The molecule has 1 N–H and O–H groups in total. The van der Waals surface area contributed by atoms with Gasteiger partial charge >= 0.3 is 0 Å². The van der Waals surface area contributed by atoms with E-state index in [1.807, 2.05) is 0 Å². The van der Waals surface area contributed by atoms with Gasteiger partial charge in [-0.05, 0) is 18.9 Å². The number of rotatable bonds is 4. The summed E-state index contributed by atoms with van der Waals surface area (Å²) in [6.07, 6.45) is 8.82. The SMILES string of the molecule is O=C(NCC(=O)N1CCN(c2ncccn2)CC1)C1CCCCC1. The third-order valence-electron chi connectivity index (χ3n) is 4.86. The molecule has 7 heteroatoms. The lowest BCUT2D eigenvalue weighted by Crippen LogP contribution is -2.52. The van der Waals surface area contributed by atoms with Crippen molar-refractivity contribution in [3.63, 3.8) is 0 Å². The van der Waals surface area contributed by atoms with Crippen LogP contribution in [0.1, 0.15) is 32.1 Å². The first-order valence-corrected chi connectivity index (χ1v) is 8.81. The number of piperazine rings is 1. The third kappa shape index (κ3) is 4.21. The van der Waals surface area contributed by atoms with Crippen molar-refractivity contribution in [2.75, 3.05) is 37.6 Å². The number of amides is 2. The van der Waals surface area contributed by atoms with Crippen LogP contribution in [0.3, 0.4) is 0 Å². The van der Waals surface area contributed by atoms with Gasteiger partial charge in [0.05, 0.1) is 6.54 Å². The van der Waals surface area contributed by atoms with Crippen LogP contribution in [0.2, 0.25) is 0 Å². The average molecular weight is 331 g/mol. The Bertz CT molecular complexity index is 551. The molecule has 2 aliphatic rings. The Labute approximate surface area is 142 Å². The first-order chi connectivity index (χ1) is 11.7. The fourth-order valence-electron chi connectivity index (χ4n) is 3.39. The normalized spacial score (nSPS) is 19.2. The summed E-state index contributed by atoms with van der Waals surface area (Å²) in [6.45, 7) is 2.81. The van der Waals surface area contributed by atoms with E-state index in [9.17, 15) is 9.59 Å². The topological polar surface area (TPSA) is 78.4 Å². The lowest BCUT2D eigenvalue weighted by Gasteiger charge is -2.34. The fraction of sp³-hybridized carbons (Fsp3) is 0.647. The maximum absolute atomic E-state index is 12.3. The third-order valence-corrected chi connectivity index (χ3v) is 4.86. The Morgan fingerprint density at radius 1 is 1.04 bits per heavy atom. The maximum atomic E-state index is 12.3. The van der Waals surface area contributed by atoms with Gasteiger partial charge in [0, 0.05) is 44.5 Å². The number of nitrogens with zero attached hydrogens (tertiary/aromatic N) is 4. The summed E-state index contributed by atoms with van der Waals surface area (Å²) in [7, 11) is 0. The zero-order valence-electron chi connectivity index (χ0n) is 14.0. The van der Waals surface area contributed by atoms with E-state index in [1.54, 1.807) is 23.4 Å². The second-order valence-corrected chi connectivity index (χ2v) is 6.47. The molecule has 0 bridgehead atoms. The molecule has 2 heterocycles. The molecule has 1 aliphatic carbocycles. The summed E-state index contributed by atoms with van der Waals surface area (Å²) in [5.41, 5.74) is 0. The molecule has 0 radical (unpaired) electrons. The Balaban J connectivity index is 1.41. The van der Waals surface area contributed by atoms with E-state index in [0.717, 1.165) is 25.7 Å². The molecule has 2 fully saturated rings. The quantitative estimate of drug-likeness (QED) is 0.884. The smallest absolute Gasteiger partial charge is 0.242 e. The Hall–Kier alpha value is -2.18. The first-order valence-electron chi connectivity index (χ1n) is 8.81. The molecule has 24 heavy (non-hydrogen) atoms. The molecule has 7 nitrogen and oxygen atoms in total. The molecule has 1 aliphatic heterocycles. The zero-order chi connectivity index (χ0) is 16.8. The highest BCUT2D eigenvalue weighted by molar-refractivity contribution is 5.86. The first kappa shape index (κ1) is 16.7. The van der Waals surface area contributed by atoms with Crippen molar-refractivity contribution in [2.24, 2.45) is 5.92 Å². The van der Waals surface area contributed by atoms with Gasteiger partial charge in [0.1, 0.15) is 0 Å². The summed E-state index contributed by atoms with van der Waals surface area (Å²) >= 11 is 0. The van der Waals surface area contributed by atoms with Crippen LogP contribution in [-0.2, 0) is 9.59 Å². The molecular weight excluding hydrogens is 306 g/mol. The highest BCUT2D eigenvalue weighted by atomic mass is 16.2. The molecule has 1 aromatic heterocycles. The molecule has 0 spiro atoms. The van der Waals surface area contributed by atoms with E-state index >= 15 is 0 Å². The highest BCUT2D eigenvalue weighted by Crippen LogP contribution is 2.23. The standard InChI is InChI=1S/C17H25N5O2/c23-15(13-20-16(24)14-5-2-1-3-6-14)21-9-11-22(12-10-21)17-18-7-4-8-19-17/h4,7-8,14H,1-3,5-6,9-13H2,(H,20,24). The Morgan fingerprint density at radius 2 is 1.71 bits per heavy atom. The van der Waals surface area contributed by atoms with Crippen molar-refractivity contribution < 1.29 is 9.59 Å². The minimum Gasteiger partial charge on any atom is -0.347 e. The van der Waals surface area contributed by atoms with Gasteiger partial charge in [-0.25, -0.2) is 9.97 Å². The summed E-state index contributed by atoms with van der Waals surface area (Å²) in [6, 6.07) is 1.79. The number of anilines is 1. The number of carbonyl (C=O) groups excluding carboxylic acids is 2. The van der Waals surface area contributed by atoms with Gasteiger partial charge in [0.15, 0.2) is 0 Å². The monoisotopic (exact) mass is 331 g/mol. The molecule has 0 aromatic carbocycles. The van der Waals surface area contributed by atoms with Crippen molar-refractivity contribution >= 4 is 17.8 Å². The number of hydrogen-bond acceptors (Lipinski definition) is 5. The van der Waals surface area contributed by atoms with Crippen LogP contribution in [0.4, 0.5) is 5.95 Å². The number of aromatic nitrogens is 2. The number of nitrogens with one attached hydrogen (secondary N) is 1. The fourth-order valence-corrected chi connectivity index (χ4v) is 3.39. The second-order valence-electron chi connectivity index (χ2n) is 6.47. The molecule has 1 aromatic rings. The molecule has 1 saturated heterocycles. The van der Waals surface area contributed by atoms with E-state index in [0.29, 0.717) is 32.1 Å². The van der Waals surface area contributed by atoms with Gasteiger partial charge in [0.25, 0.3) is 0 Å². The van der Waals surface area contributed by atoms with Crippen LogP contribution >= 0.6 is 0 Å². The largest absolute Gasteiger partial charge is 0.347 e. The molecule has 2 amide bonds. The maximum Gasteiger partial charge on any atom is 0.242 e. The molecule has 3 rings (SSSR count). The van der Waals surface area contributed by atoms with Crippen molar-refractivity contribution in [1.29, 1.82) is 0 Å². The van der Waals surface area contributed by atoms with Crippen LogP contribution < -0.4 is 10.2 Å². The second kappa shape index (κ2) is 8.08. The van der Waals surface area contributed by atoms with Crippen LogP contribution in [0.25, 0.3) is 0 Å². The lowest BCUT2D eigenvalue weighted by molar-refractivity contribution is -0.134. The van der Waals surface area contributed by atoms with Crippen LogP contribution in [-0.4, -0.2) is 59.4 Å². The Morgan fingerprint density at radius 3 is 2.38 bits per heavy atom. The van der Waals surface area contributed by atoms with E-state index in [-0.39, 0.29) is 24.3 Å². The van der Waals surface area contributed by atoms with Gasteiger partial charge < -0.3 is 15.1 Å². The van der Waals surface area contributed by atoms with Crippen molar-refractivity contribution in [2.45, 2.75) is 32.1 Å². The van der Waals surface area contributed by atoms with Crippen molar-refractivity contribution in [3.8, 4) is 0 Å². The predicted octanol–water partition coefficient (Wildman–Crippen LogP) is 0.822.